The molecule has 0 saturated heterocycles. The van der Waals surface area contributed by atoms with Crippen LogP contribution in [0.4, 0.5) is 0 Å². The molecule has 0 aliphatic carbocycles. The van der Waals surface area contributed by atoms with E-state index in [2.05, 4.69) is 38.1 Å². The topological polar surface area (TPSA) is 29.5 Å². The van der Waals surface area contributed by atoms with E-state index in [0.29, 0.717) is 5.92 Å². The van der Waals surface area contributed by atoms with Gasteiger partial charge in [-0.2, -0.15) is 0 Å². The first-order chi connectivity index (χ1) is 7.69. The number of benzene rings is 1. The first-order valence-corrected chi connectivity index (χ1v) is 5.85. The van der Waals surface area contributed by atoms with Crippen LogP contribution >= 0.6 is 0 Å². The molecule has 0 aliphatic heterocycles. The van der Waals surface area contributed by atoms with Crippen molar-refractivity contribution in [2.75, 3.05) is 20.3 Å². The van der Waals surface area contributed by atoms with Crippen LogP contribution in [-0.4, -0.2) is 25.4 Å². The zero-order chi connectivity index (χ0) is 12.0. The van der Waals surface area contributed by atoms with Crippen LogP contribution < -0.4 is 0 Å². The minimum absolute atomic E-state index is 0.203. The number of rotatable bonds is 6. The van der Waals surface area contributed by atoms with Gasteiger partial charge in [-0.3, -0.25) is 0 Å². The standard InChI is InChI=1S/C14H22O2/c1-11-5-4-6-13(9-11)14(10-15)12(2)7-8-16-3/h4-6,9,12,14-15H,7-8,10H2,1-3H3. The normalized spacial score (nSPS) is 14.8. The highest BCUT2D eigenvalue weighted by atomic mass is 16.5. The molecule has 1 aromatic carbocycles. The first-order valence-electron chi connectivity index (χ1n) is 5.85. The van der Waals surface area contributed by atoms with Gasteiger partial charge in [0.1, 0.15) is 0 Å². The molecule has 0 saturated carbocycles. The molecule has 0 fully saturated rings. The van der Waals surface area contributed by atoms with Crippen LogP contribution in [0, 0.1) is 12.8 Å². The molecule has 16 heavy (non-hydrogen) atoms. The second-order valence-corrected chi connectivity index (χ2v) is 4.46. The van der Waals surface area contributed by atoms with Crippen molar-refractivity contribution in [2.45, 2.75) is 26.2 Å². The Labute approximate surface area is 98.3 Å². The van der Waals surface area contributed by atoms with Gasteiger partial charge < -0.3 is 9.84 Å². The van der Waals surface area contributed by atoms with Crippen molar-refractivity contribution in [3.8, 4) is 0 Å². The number of aliphatic hydroxyl groups excluding tert-OH is 1. The van der Waals surface area contributed by atoms with Crippen molar-refractivity contribution in [2.24, 2.45) is 5.92 Å². The third kappa shape index (κ3) is 3.62. The van der Waals surface area contributed by atoms with E-state index in [1.807, 2.05) is 0 Å². The fraction of sp³-hybridized carbons (Fsp3) is 0.571. The van der Waals surface area contributed by atoms with Crippen LogP contribution in [0.5, 0.6) is 0 Å². The van der Waals surface area contributed by atoms with Crippen LogP contribution in [0.15, 0.2) is 24.3 Å². The molecule has 0 aliphatic rings. The molecule has 0 amide bonds. The predicted molar refractivity (Wildman–Crippen MR) is 66.7 cm³/mol. The quantitative estimate of drug-likeness (QED) is 0.802. The zero-order valence-corrected chi connectivity index (χ0v) is 10.4. The molecule has 2 atom stereocenters. The number of hydrogen-bond donors (Lipinski definition) is 1. The van der Waals surface area contributed by atoms with Gasteiger partial charge in [0.15, 0.2) is 0 Å². The molecule has 1 N–H and O–H groups in total. The second-order valence-electron chi connectivity index (χ2n) is 4.46. The Hall–Kier alpha value is -0.860. The Morgan fingerprint density at radius 2 is 2.12 bits per heavy atom. The molecule has 2 heteroatoms. The van der Waals surface area contributed by atoms with E-state index in [4.69, 9.17) is 4.74 Å². The highest BCUT2D eigenvalue weighted by Gasteiger charge is 2.18. The predicted octanol–water partition coefficient (Wildman–Crippen LogP) is 2.74. The SMILES string of the molecule is COCCC(C)C(CO)c1cccc(C)c1. The highest BCUT2D eigenvalue weighted by Crippen LogP contribution is 2.27. The van der Waals surface area contributed by atoms with E-state index in [1.54, 1.807) is 7.11 Å². The molecule has 1 rings (SSSR count). The van der Waals surface area contributed by atoms with Crippen LogP contribution in [0.3, 0.4) is 0 Å². The molecule has 2 nitrogen and oxygen atoms in total. The molecular formula is C14H22O2. The highest BCUT2D eigenvalue weighted by molar-refractivity contribution is 5.26. The number of hydrogen-bond acceptors (Lipinski definition) is 2. The van der Waals surface area contributed by atoms with Gasteiger partial charge in [0.25, 0.3) is 0 Å². The molecule has 0 spiro atoms. The van der Waals surface area contributed by atoms with Crippen molar-refractivity contribution in [3.63, 3.8) is 0 Å². The summed E-state index contributed by atoms with van der Waals surface area (Å²) in [4.78, 5) is 0. The van der Waals surface area contributed by atoms with E-state index in [1.165, 1.54) is 11.1 Å². The van der Waals surface area contributed by atoms with E-state index >= 15 is 0 Å². The maximum absolute atomic E-state index is 9.50. The van der Waals surface area contributed by atoms with Crippen LogP contribution in [0.25, 0.3) is 0 Å². The van der Waals surface area contributed by atoms with Gasteiger partial charge in [-0.15, -0.1) is 0 Å². The lowest BCUT2D eigenvalue weighted by molar-refractivity contribution is 0.159. The van der Waals surface area contributed by atoms with E-state index < -0.39 is 0 Å². The third-order valence-corrected chi connectivity index (χ3v) is 3.13. The Morgan fingerprint density at radius 3 is 2.69 bits per heavy atom. The molecule has 90 valence electrons. The molecular weight excluding hydrogens is 200 g/mol. The van der Waals surface area contributed by atoms with E-state index in [-0.39, 0.29) is 12.5 Å². The summed E-state index contributed by atoms with van der Waals surface area (Å²) in [5, 5.41) is 9.50. The monoisotopic (exact) mass is 222 g/mol. The summed E-state index contributed by atoms with van der Waals surface area (Å²) >= 11 is 0. The van der Waals surface area contributed by atoms with Gasteiger partial charge >= 0.3 is 0 Å². The fourth-order valence-corrected chi connectivity index (χ4v) is 2.02. The smallest absolute Gasteiger partial charge is 0.0502 e. The van der Waals surface area contributed by atoms with Gasteiger partial charge in [-0.1, -0.05) is 36.8 Å². The molecule has 0 bridgehead atoms. The van der Waals surface area contributed by atoms with E-state index in [0.717, 1.165) is 13.0 Å². The van der Waals surface area contributed by atoms with Crippen molar-refractivity contribution >= 4 is 0 Å². The van der Waals surface area contributed by atoms with Crippen molar-refractivity contribution in [1.29, 1.82) is 0 Å². The summed E-state index contributed by atoms with van der Waals surface area (Å²) in [6, 6.07) is 8.38. The summed E-state index contributed by atoms with van der Waals surface area (Å²) in [6.45, 7) is 5.21. The molecule has 1 aromatic rings. The Kier molecular flexibility index (Phi) is 5.50. The largest absolute Gasteiger partial charge is 0.396 e. The van der Waals surface area contributed by atoms with Crippen LogP contribution in [-0.2, 0) is 4.74 Å². The number of ether oxygens (including phenoxy) is 1. The summed E-state index contributed by atoms with van der Waals surface area (Å²) in [5.41, 5.74) is 2.47. The summed E-state index contributed by atoms with van der Waals surface area (Å²) < 4.78 is 5.09. The summed E-state index contributed by atoms with van der Waals surface area (Å²) in [6.07, 6.45) is 0.982. The summed E-state index contributed by atoms with van der Waals surface area (Å²) in [7, 11) is 1.72. The second kappa shape index (κ2) is 6.66. The lowest BCUT2D eigenvalue weighted by atomic mass is 9.85. The molecule has 2 unspecified atom stereocenters. The van der Waals surface area contributed by atoms with Gasteiger partial charge in [-0.05, 0) is 24.8 Å². The lowest BCUT2D eigenvalue weighted by Gasteiger charge is -2.22. The zero-order valence-electron chi connectivity index (χ0n) is 10.4. The third-order valence-electron chi connectivity index (χ3n) is 3.13. The molecule has 0 radical (unpaired) electrons. The fourth-order valence-electron chi connectivity index (χ4n) is 2.02. The average molecular weight is 222 g/mol. The van der Waals surface area contributed by atoms with Gasteiger partial charge in [0.05, 0.1) is 6.61 Å². The minimum Gasteiger partial charge on any atom is -0.396 e. The van der Waals surface area contributed by atoms with Gasteiger partial charge in [-0.25, -0.2) is 0 Å². The molecule has 0 heterocycles. The first kappa shape index (κ1) is 13.2. The van der Waals surface area contributed by atoms with Crippen molar-refractivity contribution < 1.29 is 9.84 Å². The van der Waals surface area contributed by atoms with Crippen molar-refractivity contribution in [1.82, 2.24) is 0 Å². The summed E-state index contributed by atoms with van der Waals surface area (Å²) in [5.74, 6) is 0.654. The minimum atomic E-state index is 0.203. The Bertz CT molecular complexity index is 309. The maximum Gasteiger partial charge on any atom is 0.0502 e. The van der Waals surface area contributed by atoms with Crippen LogP contribution in [0.2, 0.25) is 0 Å². The average Bonchev–Trinajstić information content (AvgIpc) is 2.27. The Balaban J connectivity index is 2.73. The Morgan fingerprint density at radius 1 is 1.38 bits per heavy atom. The van der Waals surface area contributed by atoms with Crippen molar-refractivity contribution in [3.05, 3.63) is 35.4 Å². The molecule has 0 aromatic heterocycles. The van der Waals surface area contributed by atoms with Gasteiger partial charge in [0, 0.05) is 19.6 Å². The van der Waals surface area contributed by atoms with E-state index in [9.17, 15) is 5.11 Å². The maximum atomic E-state index is 9.50. The number of aryl methyl sites for hydroxylation is 1. The van der Waals surface area contributed by atoms with Crippen LogP contribution in [0.1, 0.15) is 30.4 Å². The van der Waals surface area contributed by atoms with Gasteiger partial charge in [0.2, 0.25) is 0 Å². The lowest BCUT2D eigenvalue weighted by Crippen LogP contribution is -2.15. The number of aliphatic hydroxyl groups is 1. The number of methoxy groups -OCH3 is 1.